The van der Waals surface area contributed by atoms with E-state index in [1.165, 1.54) is 6.07 Å². The Bertz CT molecular complexity index is 441. The van der Waals surface area contributed by atoms with Crippen molar-refractivity contribution in [1.29, 1.82) is 0 Å². The van der Waals surface area contributed by atoms with Crippen LogP contribution in [-0.2, 0) is 9.59 Å². The van der Waals surface area contributed by atoms with Crippen molar-refractivity contribution in [2.75, 3.05) is 0 Å². The predicted octanol–water partition coefficient (Wildman–Crippen LogP) is -0.191. The summed E-state index contributed by atoms with van der Waals surface area (Å²) in [6.45, 7) is 0. The topological polar surface area (TPSA) is 89.0 Å². The number of amides is 2. The summed E-state index contributed by atoms with van der Waals surface area (Å²) in [5, 5.41) is 9.68. The summed E-state index contributed by atoms with van der Waals surface area (Å²) in [5.74, 6) is -1.07. The molecule has 0 spiro atoms. The van der Waals surface area contributed by atoms with Gasteiger partial charge in [-0.3, -0.25) is 19.7 Å². The van der Waals surface area contributed by atoms with E-state index in [1.54, 1.807) is 6.07 Å². The fourth-order valence-corrected chi connectivity index (χ4v) is 1.58. The molecular weight excluding hydrogens is 210 g/mol. The zero-order chi connectivity index (χ0) is 11.5. The van der Waals surface area contributed by atoms with Gasteiger partial charge in [0.2, 0.25) is 11.8 Å². The number of piperidine rings is 1. The van der Waals surface area contributed by atoms with Crippen LogP contribution in [0.4, 0.5) is 0 Å². The molecule has 2 rings (SSSR count). The first-order chi connectivity index (χ1) is 7.70. The Kier molecular flexibility index (Phi) is 2.72. The second-order valence-corrected chi connectivity index (χ2v) is 3.50. The highest BCUT2D eigenvalue weighted by molar-refractivity contribution is 6.00. The van der Waals surface area contributed by atoms with Crippen LogP contribution in [-0.4, -0.2) is 28.3 Å². The van der Waals surface area contributed by atoms with Crippen LogP contribution in [0, 0.1) is 0 Å². The summed E-state index contributed by atoms with van der Waals surface area (Å²) in [6.07, 6.45) is 1.31. The lowest BCUT2D eigenvalue weighted by molar-refractivity contribution is -0.134. The molecule has 0 aliphatic carbocycles. The van der Waals surface area contributed by atoms with Crippen LogP contribution in [0.2, 0.25) is 0 Å². The second-order valence-electron chi connectivity index (χ2n) is 3.50. The first kappa shape index (κ1) is 10.4. The van der Waals surface area contributed by atoms with Crippen molar-refractivity contribution in [2.24, 2.45) is 0 Å². The van der Waals surface area contributed by atoms with Gasteiger partial charge in [0.25, 0.3) is 0 Å². The zero-order valence-electron chi connectivity index (χ0n) is 8.34. The van der Waals surface area contributed by atoms with Gasteiger partial charge in [0.1, 0.15) is 5.69 Å². The third-order valence-electron chi connectivity index (χ3n) is 2.42. The first-order valence-electron chi connectivity index (χ1n) is 4.83. The predicted molar refractivity (Wildman–Crippen MR) is 52.5 cm³/mol. The zero-order valence-corrected chi connectivity index (χ0v) is 8.34. The van der Waals surface area contributed by atoms with Crippen molar-refractivity contribution in [3.05, 3.63) is 23.5 Å². The third-order valence-corrected chi connectivity index (χ3v) is 2.42. The van der Waals surface area contributed by atoms with Crippen LogP contribution >= 0.6 is 0 Å². The van der Waals surface area contributed by atoms with Crippen molar-refractivity contribution < 1.29 is 14.4 Å². The lowest BCUT2D eigenvalue weighted by atomic mass is 9.94. The summed E-state index contributed by atoms with van der Waals surface area (Å²) in [4.78, 5) is 32.8. The first-order valence-corrected chi connectivity index (χ1v) is 4.83. The van der Waals surface area contributed by atoms with Gasteiger partial charge in [-0.1, -0.05) is 0 Å². The Morgan fingerprint density at radius 3 is 2.69 bits per heavy atom. The molecule has 1 fully saturated rings. The molecule has 0 aromatic carbocycles. The van der Waals surface area contributed by atoms with Gasteiger partial charge < -0.3 is 0 Å². The molecule has 0 saturated carbocycles. The quantitative estimate of drug-likeness (QED) is 0.550. The van der Waals surface area contributed by atoms with Crippen LogP contribution < -0.4 is 5.32 Å². The van der Waals surface area contributed by atoms with Gasteiger partial charge in [0, 0.05) is 6.42 Å². The molecule has 1 aromatic heterocycles. The van der Waals surface area contributed by atoms with Gasteiger partial charge >= 0.3 is 0 Å². The molecule has 1 aliphatic heterocycles. The SMILES string of the molecule is O=Cc1ccc(C2CCC(=O)NC2=O)nn1. The summed E-state index contributed by atoms with van der Waals surface area (Å²) < 4.78 is 0. The number of hydrogen-bond acceptors (Lipinski definition) is 5. The van der Waals surface area contributed by atoms with E-state index >= 15 is 0 Å². The van der Waals surface area contributed by atoms with Crippen LogP contribution in [0.1, 0.15) is 34.9 Å². The van der Waals surface area contributed by atoms with E-state index in [1.807, 2.05) is 0 Å². The molecule has 1 unspecified atom stereocenters. The molecule has 6 nitrogen and oxygen atoms in total. The maximum absolute atomic E-state index is 11.5. The van der Waals surface area contributed by atoms with Gasteiger partial charge in [0.15, 0.2) is 6.29 Å². The van der Waals surface area contributed by atoms with E-state index in [2.05, 4.69) is 15.5 Å². The summed E-state index contributed by atoms with van der Waals surface area (Å²) >= 11 is 0. The fraction of sp³-hybridized carbons (Fsp3) is 0.300. The van der Waals surface area contributed by atoms with Crippen molar-refractivity contribution in [1.82, 2.24) is 15.5 Å². The number of aldehydes is 1. The van der Waals surface area contributed by atoms with E-state index < -0.39 is 5.92 Å². The number of rotatable bonds is 2. The van der Waals surface area contributed by atoms with Crippen molar-refractivity contribution in [2.45, 2.75) is 18.8 Å². The third kappa shape index (κ3) is 1.95. The Balaban J connectivity index is 2.20. The van der Waals surface area contributed by atoms with E-state index in [0.29, 0.717) is 24.8 Å². The lowest BCUT2D eigenvalue weighted by Gasteiger charge is -2.19. The number of aromatic nitrogens is 2. The molecule has 0 bridgehead atoms. The minimum absolute atomic E-state index is 0.219. The number of nitrogens with one attached hydrogen (secondary N) is 1. The maximum atomic E-state index is 11.5. The number of carbonyl (C=O) groups is 3. The van der Waals surface area contributed by atoms with Crippen LogP contribution in [0.5, 0.6) is 0 Å². The molecule has 1 aromatic rings. The monoisotopic (exact) mass is 219 g/mol. The van der Waals surface area contributed by atoms with Crippen LogP contribution in [0.15, 0.2) is 12.1 Å². The minimum Gasteiger partial charge on any atom is -0.296 e. The molecule has 2 heterocycles. The molecule has 1 N–H and O–H groups in total. The van der Waals surface area contributed by atoms with Gasteiger partial charge in [-0.2, -0.15) is 5.10 Å². The number of nitrogens with zero attached hydrogens (tertiary/aromatic N) is 2. The van der Waals surface area contributed by atoms with Gasteiger partial charge in [-0.25, -0.2) is 0 Å². The molecule has 1 atom stereocenters. The van der Waals surface area contributed by atoms with E-state index in [4.69, 9.17) is 0 Å². The molecule has 0 radical (unpaired) electrons. The van der Waals surface area contributed by atoms with Gasteiger partial charge in [-0.05, 0) is 18.6 Å². The molecule has 2 amide bonds. The highest BCUT2D eigenvalue weighted by Gasteiger charge is 2.29. The molecule has 16 heavy (non-hydrogen) atoms. The van der Waals surface area contributed by atoms with E-state index in [-0.39, 0.29) is 17.5 Å². The summed E-state index contributed by atoms with van der Waals surface area (Å²) in [5.41, 5.74) is 0.701. The van der Waals surface area contributed by atoms with Crippen LogP contribution in [0.25, 0.3) is 0 Å². The van der Waals surface area contributed by atoms with Gasteiger partial charge in [-0.15, -0.1) is 5.10 Å². The van der Waals surface area contributed by atoms with Crippen molar-refractivity contribution in [3.63, 3.8) is 0 Å². The highest BCUT2D eigenvalue weighted by atomic mass is 16.2. The summed E-state index contributed by atoms with van der Waals surface area (Å²) in [7, 11) is 0. The van der Waals surface area contributed by atoms with E-state index in [0.717, 1.165) is 0 Å². The molecule has 1 aliphatic rings. The van der Waals surface area contributed by atoms with E-state index in [9.17, 15) is 14.4 Å². The normalized spacial score (nSPS) is 20.4. The van der Waals surface area contributed by atoms with Gasteiger partial charge in [0.05, 0.1) is 11.6 Å². The van der Waals surface area contributed by atoms with Crippen molar-refractivity contribution in [3.8, 4) is 0 Å². The standard InChI is InChI=1S/C10H9N3O3/c14-5-6-1-3-8(13-12-6)7-2-4-9(15)11-10(7)16/h1,3,5,7H,2,4H2,(H,11,15,16). The molecule has 1 saturated heterocycles. The molecular formula is C10H9N3O3. The smallest absolute Gasteiger partial charge is 0.235 e. The average Bonchev–Trinajstić information content (AvgIpc) is 2.29. The number of imide groups is 1. The number of carbonyl (C=O) groups excluding carboxylic acids is 3. The molecule has 6 heteroatoms. The molecule has 82 valence electrons. The Hall–Kier alpha value is -2.11. The largest absolute Gasteiger partial charge is 0.296 e. The highest BCUT2D eigenvalue weighted by Crippen LogP contribution is 2.22. The Morgan fingerprint density at radius 2 is 2.12 bits per heavy atom. The Labute approximate surface area is 91.1 Å². The average molecular weight is 219 g/mol. The number of hydrogen-bond donors (Lipinski definition) is 1. The second kappa shape index (κ2) is 4.18. The summed E-state index contributed by atoms with van der Waals surface area (Å²) in [6, 6.07) is 3.08. The van der Waals surface area contributed by atoms with Crippen molar-refractivity contribution >= 4 is 18.1 Å². The maximum Gasteiger partial charge on any atom is 0.235 e. The Morgan fingerprint density at radius 1 is 1.31 bits per heavy atom. The van der Waals surface area contributed by atoms with Crippen LogP contribution in [0.3, 0.4) is 0 Å². The lowest BCUT2D eigenvalue weighted by Crippen LogP contribution is -2.39. The fourth-order valence-electron chi connectivity index (χ4n) is 1.58. The minimum atomic E-state index is -0.453.